The van der Waals surface area contributed by atoms with Gasteiger partial charge in [0.05, 0.1) is 11.4 Å². The Balaban J connectivity index is 2.77. The lowest BCUT2D eigenvalue weighted by Crippen LogP contribution is -2.37. The molecule has 1 aromatic carbocycles. The fourth-order valence-electron chi connectivity index (χ4n) is 1.41. The Labute approximate surface area is 124 Å². The molecule has 0 saturated heterocycles. The van der Waals surface area contributed by atoms with Gasteiger partial charge in [0.15, 0.2) is 0 Å². The van der Waals surface area contributed by atoms with Crippen molar-refractivity contribution in [3.8, 4) is 11.8 Å². The summed E-state index contributed by atoms with van der Waals surface area (Å²) in [6, 6.07) is 5.88. The number of nitrogens with zero attached hydrogens (tertiary/aromatic N) is 1. The van der Waals surface area contributed by atoms with Gasteiger partial charge >= 0.3 is 0 Å². The van der Waals surface area contributed by atoms with Crippen molar-refractivity contribution in [3.05, 3.63) is 29.8 Å². The van der Waals surface area contributed by atoms with Gasteiger partial charge in [-0.05, 0) is 31.2 Å². The van der Waals surface area contributed by atoms with Crippen LogP contribution in [0, 0.1) is 11.8 Å². The van der Waals surface area contributed by atoms with Gasteiger partial charge in [0, 0.05) is 19.2 Å². The first-order valence-electron chi connectivity index (χ1n) is 6.34. The van der Waals surface area contributed by atoms with Gasteiger partial charge in [-0.15, -0.1) is 0 Å². The summed E-state index contributed by atoms with van der Waals surface area (Å²) in [6.07, 6.45) is 0. The third-order valence-corrected chi connectivity index (χ3v) is 4.21. The molecule has 114 valence electrons. The van der Waals surface area contributed by atoms with E-state index in [4.69, 9.17) is 5.11 Å². The number of rotatable bonds is 5. The average Bonchev–Trinajstić information content (AvgIpc) is 2.50. The molecule has 0 fully saturated rings. The number of nitrogens with one attached hydrogen (secondary N) is 1. The minimum Gasteiger partial charge on any atom is -0.384 e. The topological polar surface area (TPSA) is 86.7 Å². The maximum absolute atomic E-state index is 12.0. The van der Waals surface area contributed by atoms with Gasteiger partial charge in [0.25, 0.3) is 0 Å². The molecule has 2 N–H and O–H groups in total. The molecule has 0 bridgehead atoms. The Kier molecular flexibility index (Phi) is 6.37. The molecule has 1 aromatic rings. The van der Waals surface area contributed by atoms with E-state index in [-0.39, 0.29) is 24.0 Å². The van der Waals surface area contributed by atoms with Crippen molar-refractivity contribution in [2.75, 3.05) is 26.7 Å². The van der Waals surface area contributed by atoms with Gasteiger partial charge in [-0.1, -0.05) is 11.8 Å². The first-order valence-corrected chi connectivity index (χ1v) is 7.82. The lowest BCUT2D eigenvalue weighted by Gasteiger charge is -2.14. The van der Waals surface area contributed by atoms with E-state index >= 15 is 0 Å². The highest BCUT2D eigenvalue weighted by atomic mass is 32.2. The van der Waals surface area contributed by atoms with Crippen molar-refractivity contribution in [2.24, 2.45) is 0 Å². The normalized spacial score (nSPS) is 10.6. The summed E-state index contributed by atoms with van der Waals surface area (Å²) in [6.45, 7) is 1.78. The summed E-state index contributed by atoms with van der Waals surface area (Å²) in [4.78, 5) is 13.1. The first kappa shape index (κ1) is 17.2. The van der Waals surface area contributed by atoms with Crippen LogP contribution in [0.5, 0.6) is 0 Å². The quantitative estimate of drug-likeness (QED) is 0.737. The minimum atomic E-state index is -3.73. The van der Waals surface area contributed by atoms with Crippen LogP contribution in [0.2, 0.25) is 0 Å². The van der Waals surface area contributed by atoms with Crippen molar-refractivity contribution in [3.63, 3.8) is 0 Å². The van der Waals surface area contributed by atoms with Crippen LogP contribution in [0.1, 0.15) is 12.5 Å². The average molecular weight is 310 g/mol. The SMILES string of the molecule is CCN(C)C(=O)CNS(=O)(=O)c1ccc(C#CCO)cc1. The van der Waals surface area contributed by atoms with E-state index in [0.29, 0.717) is 12.1 Å². The Hall–Kier alpha value is -1.88. The molecule has 0 aromatic heterocycles. The van der Waals surface area contributed by atoms with Crippen LogP contribution in [-0.4, -0.2) is 51.1 Å². The smallest absolute Gasteiger partial charge is 0.241 e. The van der Waals surface area contributed by atoms with Crippen LogP contribution < -0.4 is 4.72 Å². The number of carbonyl (C=O) groups is 1. The predicted molar refractivity (Wildman–Crippen MR) is 78.9 cm³/mol. The van der Waals surface area contributed by atoms with Gasteiger partial charge < -0.3 is 10.0 Å². The van der Waals surface area contributed by atoms with Crippen LogP contribution in [0.3, 0.4) is 0 Å². The maximum Gasteiger partial charge on any atom is 0.241 e. The van der Waals surface area contributed by atoms with Crippen LogP contribution in [0.25, 0.3) is 0 Å². The predicted octanol–water partition coefficient (Wildman–Crippen LogP) is -0.213. The van der Waals surface area contributed by atoms with Crippen LogP contribution in [-0.2, 0) is 14.8 Å². The molecule has 6 nitrogen and oxygen atoms in total. The van der Waals surface area contributed by atoms with Crippen LogP contribution in [0.15, 0.2) is 29.2 Å². The molecule has 21 heavy (non-hydrogen) atoms. The van der Waals surface area contributed by atoms with Crippen molar-refractivity contribution < 1.29 is 18.3 Å². The highest BCUT2D eigenvalue weighted by molar-refractivity contribution is 7.89. The number of aliphatic hydroxyl groups is 1. The molecule has 0 atom stereocenters. The lowest BCUT2D eigenvalue weighted by molar-refractivity contribution is -0.128. The van der Waals surface area contributed by atoms with E-state index in [1.54, 1.807) is 14.0 Å². The summed E-state index contributed by atoms with van der Waals surface area (Å²) in [5.41, 5.74) is 0.602. The van der Waals surface area contributed by atoms with Gasteiger partial charge in [-0.2, -0.15) is 0 Å². The lowest BCUT2D eigenvalue weighted by atomic mass is 10.2. The first-order chi connectivity index (χ1) is 9.90. The highest BCUT2D eigenvalue weighted by Crippen LogP contribution is 2.09. The van der Waals surface area contributed by atoms with Crippen molar-refractivity contribution in [1.29, 1.82) is 0 Å². The van der Waals surface area contributed by atoms with Crippen LogP contribution in [0.4, 0.5) is 0 Å². The molecule has 0 radical (unpaired) electrons. The number of likely N-dealkylation sites (N-methyl/N-ethyl adjacent to an activating group) is 1. The number of hydrogen-bond acceptors (Lipinski definition) is 4. The zero-order chi connectivity index (χ0) is 15.9. The number of carbonyl (C=O) groups excluding carboxylic acids is 1. The monoisotopic (exact) mass is 310 g/mol. The van der Waals surface area contributed by atoms with Gasteiger partial charge in [-0.3, -0.25) is 4.79 Å². The molecule has 1 amide bonds. The molecule has 0 unspecified atom stereocenters. The Morgan fingerprint density at radius 2 is 1.95 bits per heavy atom. The third kappa shape index (κ3) is 5.19. The number of sulfonamides is 1. The molecule has 0 aliphatic heterocycles. The Morgan fingerprint density at radius 3 is 2.48 bits per heavy atom. The number of hydrogen-bond donors (Lipinski definition) is 2. The van der Waals surface area contributed by atoms with E-state index in [2.05, 4.69) is 16.6 Å². The second-order valence-electron chi connectivity index (χ2n) is 4.22. The van der Waals surface area contributed by atoms with Gasteiger partial charge in [0.2, 0.25) is 15.9 Å². The number of benzene rings is 1. The molecular weight excluding hydrogens is 292 g/mol. The standard InChI is InChI=1S/C14H18N2O4S/c1-3-16(2)14(18)11-15-21(19,20)13-8-6-12(7-9-13)5-4-10-17/h6-9,15,17H,3,10-11H2,1-2H3. The van der Waals surface area contributed by atoms with Crippen molar-refractivity contribution >= 4 is 15.9 Å². The Morgan fingerprint density at radius 1 is 1.33 bits per heavy atom. The molecule has 0 aliphatic rings. The van der Waals surface area contributed by atoms with E-state index in [0.717, 1.165) is 0 Å². The summed E-state index contributed by atoms with van der Waals surface area (Å²) >= 11 is 0. The second kappa shape index (κ2) is 7.78. The largest absolute Gasteiger partial charge is 0.384 e. The van der Waals surface area contributed by atoms with E-state index < -0.39 is 10.0 Å². The van der Waals surface area contributed by atoms with E-state index in [9.17, 15) is 13.2 Å². The molecule has 0 aliphatic carbocycles. The maximum atomic E-state index is 12.0. The molecule has 0 spiro atoms. The van der Waals surface area contributed by atoms with Crippen molar-refractivity contribution in [2.45, 2.75) is 11.8 Å². The highest BCUT2D eigenvalue weighted by Gasteiger charge is 2.16. The zero-order valence-electron chi connectivity index (χ0n) is 12.0. The fourth-order valence-corrected chi connectivity index (χ4v) is 2.38. The molecule has 1 rings (SSSR count). The molecule has 7 heteroatoms. The van der Waals surface area contributed by atoms with Gasteiger partial charge in [-0.25, -0.2) is 13.1 Å². The van der Waals surface area contributed by atoms with E-state index in [1.807, 2.05) is 0 Å². The zero-order valence-corrected chi connectivity index (χ0v) is 12.8. The molecule has 0 heterocycles. The fraction of sp³-hybridized carbons (Fsp3) is 0.357. The van der Waals surface area contributed by atoms with Crippen molar-refractivity contribution in [1.82, 2.24) is 9.62 Å². The summed E-state index contributed by atoms with van der Waals surface area (Å²) in [7, 11) is -2.13. The number of amides is 1. The molecule has 0 saturated carbocycles. The Bertz CT molecular complexity index is 642. The third-order valence-electron chi connectivity index (χ3n) is 2.79. The van der Waals surface area contributed by atoms with Crippen LogP contribution >= 0.6 is 0 Å². The summed E-state index contributed by atoms with van der Waals surface area (Å²) in [5, 5.41) is 8.58. The van der Waals surface area contributed by atoms with Gasteiger partial charge in [0.1, 0.15) is 6.61 Å². The summed E-state index contributed by atoms with van der Waals surface area (Å²) < 4.78 is 26.3. The second-order valence-corrected chi connectivity index (χ2v) is 5.98. The number of aliphatic hydroxyl groups excluding tert-OH is 1. The molecular formula is C14H18N2O4S. The minimum absolute atomic E-state index is 0.0593. The summed E-state index contributed by atoms with van der Waals surface area (Å²) in [5.74, 6) is 4.84. The van der Waals surface area contributed by atoms with E-state index in [1.165, 1.54) is 29.2 Å².